The summed E-state index contributed by atoms with van der Waals surface area (Å²) in [7, 11) is 3.14. The Morgan fingerprint density at radius 3 is 2.00 bits per heavy atom. The van der Waals surface area contributed by atoms with E-state index in [1.807, 2.05) is 0 Å². The number of hydrogen-bond acceptors (Lipinski definition) is 4. The first-order valence-corrected chi connectivity index (χ1v) is 2.81. The van der Waals surface area contributed by atoms with Crippen molar-refractivity contribution < 1.29 is 10.2 Å². The van der Waals surface area contributed by atoms with Crippen LogP contribution in [-0.4, -0.2) is 36.3 Å². The maximum absolute atomic E-state index is 9.17. The molecule has 0 radical (unpaired) electrons. The number of aliphatic hydroxyl groups is 2. The minimum atomic E-state index is -1.26. The van der Waals surface area contributed by atoms with Crippen molar-refractivity contribution in [3.63, 3.8) is 0 Å². The van der Waals surface area contributed by atoms with Gasteiger partial charge in [0, 0.05) is 0 Å². The highest BCUT2D eigenvalue weighted by Gasteiger charge is 2.26. The summed E-state index contributed by atoms with van der Waals surface area (Å²) in [6.45, 7) is 1.48. The number of aliphatic hydroxyl groups excluding tert-OH is 1. The van der Waals surface area contributed by atoms with Crippen LogP contribution in [0.3, 0.4) is 0 Å². The van der Waals surface area contributed by atoms with E-state index in [0.29, 0.717) is 0 Å². The van der Waals surface area contributed by atoms with Crippen molar-refractivity contribution in [1.82, 2.24) is 10.6 Å². The van der Waals surface area contributed by atoms with Crippen LogP contribution in [0.4, 0.5) is 0 Å². The Bertz CT molecular complexity index is 85.0. The van der Waals surface area contributed by atoms with Crippen LogP contribution in [-0.2, 0) is 0 Å². The van der Waals surface area contributed by atoms with Crippen molar-refractivity contribution in [2.75, 3.05) is 14.1 Å². The molecule has 0 aromatic heterocycles. The smallest absolute Gasteiger partial charge is 0.152 e. The van der Waals surface area contributed by atoms with Gasteiger partial charge in [-0.1, -0.05) is 0 Å². The van der Waals surface area contributed by atoms with Gasteiger partial charge >= 0.3 is 0 Å². The average molecular weight is 134 g/mol. The lowest BCUT2D eigenvalue weighted by molar-refractivity contribution is -0.0921. The highest BCUT2D eigenvalue weighted by atomic mass is 16.4. The van der Waals surface area contributed by atoms with E-state index in [1.54, 1.807) is 14.1 Å². The van der Waals surface area contributed by atoms with Crippen molar-refractivity contribution in [1.29, 1.82) is 0 Å². The van der Waals surface area contributed by atoms with E-state index in [0.717, 1.165) is 0 Å². The van der Waals surface area contributed by atoms with Gasteiger partial charge in [0.1, 0.15) is 6.23 Å². The largest absolute Gasteiger partial charge is 0.374 e. The Hall–Kier alpha value is -0.160. The molecular formula is C5H14N2O2. The minimum Gasteiger partial charge on any atom is -0.374 e. The summed E-state index contributed by atoms with van der Waals surface area (Å²) in [6, 6.07) is 0. The molecule has 0 aromatic rings. The molecule has 0 bridgehead atoms. The highest BCUT2D eigenvalue weighted by molar-refractivity contribution is 4.73. The van der Waals surface area contributed by atoms with Gasteiger partial charge in [0.2, 0.25) is 0 Å². The van der Waals surface area contributed by atoms with E-state index >= 15 is 0 Å². The third kappa shape index (κ3) is 2.28. The standard InChI is InChI=1S/C5H14N2O2/c1-5(9,7-3)4(8)6-2/h4,6-9H,1-3H3. The normalized spacial score (nSPS) is 21.0. The van der Waals surface area contributed by atoms with Gasteiger partial charge in [-0.25, -0.2) is 0 Å². The predicted molar refractivity (Wildman–Crippen MR) is 34.8 cm³/mol. The van der Waals surface area contributed by atoms with E-state index in [-0.39, 0.29) is 0 Å². The minimum absolute atomic E-state index is 0.942. The average Bonchev–Trinajstić information content (AvgIpc) is 1.86. The number of hydrogen-bond donors (Lipinski definition) is 4. The summed E-state index contributed by atoms with van der Waals surface area (Å²) in [6.07, 6.45) is -0.942. The Labute approximate surface area is 54.9 Å². The second-order valence-electron chi connectivity index (χ2n) is 2.09. The molecule has 0 spiro atoms. The van der Waals surface area contributed by atoms with Crippen molar-refractivity contribution in [3.8, 4) is 0 Å². The molecule has 56 valence electrons. The summed E-state index contributed by atoms with van der Waals surface area (Å²) in [5, 5.41) is 23.2. The van der Waals surface area contributed by atoms with Crippen LogP contribution in [0.1, 0.15) is 6.92 Å². The van der Waals surface area contributed by atoms with Crippen LogP contribution in [0, 0.1) is 0 Å². The molecule has 0 aromatic carbocycles. The summed E-state index contributed by atoms with van der Waals surface area (Å²) in [5.41, 5.74) is -1.26. The molecule has 0 rings (SSSR count). The molecule has 0 aliphatic heterocycles. The fourth-order valence-electron chi connectivity index (χ4n) is 0.418. The van der Waals surface area contributed by atoms with Crippen molar-refractivity contribution in [2.24, 2.45) is 0 Å². The molecule has 4 heteroatoms. The topological polar surface area (TPSA) is 64.5 Å². The number of rotatable bonds is 3. The zero-order valence-corrected chi connectivity index (χ0v) is 5.97. The Morgan fingerprint density at radius 1 is 1.44 bits per heavy atom. The van der Waals surface area contributed by atoms with Crippen LogP contribution in [0.5, 0.6) is 0 Å². The van der Waals surface area contributed by atoms with Crippen LogP contribution in [0.25, 0.3) is 0 Å². The van der Waals surface area contributed by atoms with Gasteiger partial charge in [-0.2, -0.15) is 0 Å². The Morgan fingerprint density at radius 2 is 1.89 bits per heavy atom. The van der Waals surface area contributed by atoms with E-state index in [9.17, 15) is 0 Å². The van der Waals surface area contributed by atoms with Gasteiger partial charge in [0.25, 0.3) is 0 Å². The summed E-state index contributed by atoms with van der Waals surface area (Å²) < 4.78 is 0. The molecule has 2 atom stereocenters. The fraction of sp³-hybridized carbons (Fsp3) is 1.00. The maximum Gasteiger partial charge on any atom is 0.152 e. The first kappa shape index (κ1) is 8.84. The SMILES string of the molecule is CNC(O)C(C)(O)NC. The molecule has 0 aliphatic carbocycles. The molecule has 4 N–H and O–H groups in total. The number of nitrogens with one attached hydrogen (secondary N) is 2. The first-order chi connectivity index (χ1) is 4.04. The third-order valence-electron chi connectivity index (χ3n) is 1.31. The molecule has 4 nitrogen and oxygen atoms in total. The quantitative estimate of drug-likeness (QED) is 0.353. The van der Waals surface area contributed by atoms with E-state index in [2.05, 4.69) is 10.6 Å². The lowest BCUT2D eigenvalue weighted by atomic mass is 10.2. The molecule has 9 heavy (non-hydrogen) atoms. The Balaban J connectivity index is 3.80. The van der Waals surface area contributed by atoms with E-state index < -0.39 is 12.0 Å². The lowest BCUT2D eigenvalue weighted by Gasteiger charge is -2.27. The second-order valence-corrected chi connectivity index (χ2v) is 2.09. The molecular weight excluding hydrogens is 120 g/mol. The van der Waals surface area contributed by atoms with Gasteiger partial charge in [0.15, 0.2) is 5.72 Å². The van der Waals surface area contributed by atoms with Crippen LogP contribution < -0.4 is 10.6 Å². The van der Waals surface area contributed by atoms with Gasteiger partial charge in [0.05, 0.1) is 0 Å². The summed E-state index contributed by atoms with van der Waals surface area (Å²) in [5.74, 6) is 0. The zero-order valence-electron chi connectivity index (χ0n) is 5.97. The molecule has 0 amide bonds. The fourth-order valence-corrected chi connectivity index (χ4v) is 0.418. The van der Waals surface area contributed by atoms with Gasteiger partial charge in [-0.05, 0) is 21.0 Å². The first-order valence-electron chi connectivity index (χ1n) is 2.81. The lowest BCUT2D eigenvalue weighted by Crippen LogP contribution is -2.55. The monoisotopic (exact) mass is 134 g/mol. The molecule has 2 unspecified atom stereocenters. The van der Waals surface area contributed by atoms with Gasteiger partial charge in [-0.15, -0.1) is 0 Å². The van der Waals surface area contributed by atoms with Crippen molar-refractivity contribution >= 4 is 0 Å². The van der Waals surface area contributed by atoms with E-state index in [4.69, 9.17) is 10.2 Å². The molecule has 0 saturated heterocycles. The molecule has 0 aliphatic rings. The van der Waals surface area contributed by atoms with Crippen LogP contribution in [0.2, 0.25) is 0 Å². The maximum atomic E-state index is 9.17. The summed E-state index contributed by atoms with van der Waals surface area (Å²) in [4.78, 5) is 0. The van der Waals surface area contributed by atoms with Crippen molar-refractivity contribution in [2.45, 2.75) is 18.9 Å². The molecule has 0 fully saturated rings. The number of likely N-dealkylation sites (N-methyl/N-ethyl adjacent to an activating group) is 2. The molecule has 0 saturated carbocycles. The van der Waals surface area contributed by atoms with E-state index in [1.165, 1.54) is 6.92 Å². The van der Waals surface area contributed by atoms with Gasteiger partial charge in [-0.3, -0.25) is 10.6 Å². The van der Waals surface area contributed by atoms with Crippen molar-refractivity contribution in [3.05, 3.63) is 0 Å². The van der Waals surface area contributed by atoms with Crippen LogP contribution in [0.15, 0.2) is 0 Å². The Kier molecular flexibility index (Phi) is 3.07. The second kappa shape index (κ2) is 3.12. The zero-order chi connectivity index (χ0) is 7.49. The van der Waals surface area contributed by atoms with Crippen LogP contribution >= 0.6 is 0 Å². The molecule has 0 heterocycles. The third-order valence-corrected chi connectivity index (χ3v) is 1.31. The summed E-state index contributed by atoms with van der Waals surface area (Å²) >= 11 is 0. The predicted octanol–water partition coefficient (Wildman–Crippen LogP) is -1.55. The van der Waals surface area contributed by atoms with Gasteiger partial charge < -0.3 is 10.2 Å². The highest BCUT2D eigenvalue weighted by Crippen LogP contribution is 1.99.